The SMILES string of the molecule is CCCc1nc(NCC)cc(Nc2cccc(Br)c2C)n1. The zero-order valence-corrected chi connectivity index (χ0v) is 14.3. The standard InChI is InChI=1S/C16H21BrN4/c1-4-7-14-20-15(18-5-2)10-16(21-14)19-13-9-6-8-12(17)11(13)3/h6,8-10H,4-5,7H2,1-3H3,(H2,18,19,20,21). The first kappa shape index (κ1) is 15.8. The second-order valence-corrected chi connectivity index (χ2v) is 5.73. The van der Waals surface area contributed by atoms with Crippen LogP contribution in [0.1, 0.15) is 31.7 Å². The fraction of sp³-hybridized carbons (Fsp3) is 0.375. The van der Waals surface area contributed by atoms with Crippen LogP contribution in [0.2, 0.25) is 0 Å². The van der Waals surface area contributed by atoms with E-state index in [9.17, 15) is 0 Å². The van der Waals surface area contributed by atoms with E-state index in [1.807, 2.05) is 18.2 Å². The number of aryl methyl sites for hydroxylation is 1. The lowest BCUT2D eigenvalue weighted by Crippen LogP contribution is -2.06. The summed E-state index contributed by atoms with van der Waals surface area (Å²) in [4.78, 5) is 9.12. The Morgan fingerprint density at radius 2 is 1.90 bits per heavy atom. The molecule has 2 aromatic rings. The maximum atomic E-state index is 4.59. The molecule has 0 unspecified atom stereocenters. The van der Waals surface area contributed by atoms with Crippen LogP contribution in [0, 0.1) is 6.92 Å². The van der Waals surface area contributed by atoms with Crippen molar-refractivity contribution in [3.05, 3.63) is 40.1 Å². The average Bonchev–Trinajstić information content (AvgIpc) is 2.44. The molecule has 0 radical (unpaired) electrons. The smallest absolute Gasteiger partial charge is 0.136 e. The van der Waals surface area contributed by atoms with E-state index in [1.165, 1.54) is 0 Å². The highest BCUT2D eigenvalue weighted by Gasteiger charge is 2.07. The first-order chi connectivity index (χ1) is 10.1. The van der Waals surface area contributed by atoms with Crippen LogP contribution >= 0.6 is 15.9 Å². The first-order valence-corrected chi connectivity index (χ1v) is 8.07. The minimum Gasteiger partial charge on any atom is -0.370 e. The molecule has 0 aliphatic rings. The van der Waals surface area contributed by atoms with Gasteiger partial charge in [-0.3, -0.25) is 0 Å². The molecule has 0 aliphatic carbocycles. The zero-order valence-electron chi connectivity index (χ0n) is 12.7. The van der Waals surface area contributed by atoms with E-state index in [2.05, 4.69) is 63.4 Å². The minimum atomic E-state index is 0.825. The topological polar surface area (TPSA) is 49.8 Å². The van der Waals surface area contributed by atoms with Crippen molar-refractivity contribution in [1.29, 1.82) is 0 Å². The highest BCUT2D eigenvalue weighted by Crippen LogP contribution is 2.26. The number of anilines is 3. The molecule has 1 aromatic carbocycles. The molecule has 112 valence electrons. The Bertz CT molecular complexity index is 589. The summed E-state index contributed by atoms with van der Waals surface area (Å²) in [6, 6.07) is 8.05. The molecule has 0 atom stereocenters. The Kier molecular flexibility index (Phi) is 5.56. The molecule has 1 heterocycles. The van der Waals surface area contributed by atoms with Gasteiger partial charge in [0.05, 0.1) is 0 Å². The molecule has 2 rings (SSSR count). The quantitative estimate of drug-likeness (QED) is 0.795. The second kappa shape index (κ2) is 7.41. The maximum Gasteiger partial charge on any atom is 0.136 e. The van der Waals surface area contributed by atoms with Gasteiger partial charge in [0, 0.05) is 29.2 Å². The van der Waals surface area contributed by atoms with Crippen LogP contribution in [0.25, 0.3) is 0 Å². The van der Waals surface area contributed by atoms with E-state index < -0.39 is 0 Å². The molecule has 1 aromatic heterocycles. The zero-order chi connectivity index (χ0) is 15.2. The van der Waals surface area contributed by atoms with Crippen LogP contribution in [0.4, 0.5) is 17.3 Å². The van der Waals surface area contributed by atoms with Crippen molar-refractivity contribution in [2.75, 3.05) is 17.2 Å². The van der Waals surface area contributed by atoms with E-state index in [4.69, 9.17) is 0 Å². The van der Waals surface area contributed by atoms with Crippen molar-refractivity contribution in [3.63, 3.8) is 0 Å². The molecule has 0 fully saturated rings. The van der Waals surface area contributed by atoms with Gasteiger partial charge in [-0.2, -0.15) is 0 Å². The number of benzene rings is 1. The van der Waals surface area contributed by atoms with Crippen molar-refractivity contribution in [1.82, 2.24) is 9.97 Å². The Morgan fingerprint density at radius 3 is 2.62 bits per heavy atom. The third kappa shape index (κ3) is 4.17. The molecular weight excluding hydrogens is 328 g/mol. The lowest BCUT2D eigenvalue weighted by molar-refractivity contribution is 0.836. The number of hydrogen-bond donors (Lipinski definition) is 2. The number of rotatable bonds is 6. The van der Waals surface area contributed by atoms with Gasteiger partial charge in [0.1, 0.15) is 17.5 Å². The molecule has 0 saturated heterocycles. The Balaban J connectivity index is 2.31. The fourth-order valence-corrected chi connectivity index (χ4v) is 2.42. The van der Waals surface area contributed by atoms with Crippen molar-refractivity contribution < 1.29 is 0 Å². The Hall–Kier alpha value is -1.62. The van der Waals surface area contributed by atoms with Crippen LogP contribution in [0.5, 0.6) is 0 Å². The normalized spacial score (nSPS) is 10.5. The van der Waals surface area contributed by atoms with E-state index >= 15 is 0 Å². The van der Waals surface area contributed by atoms with Crippen molar-refractivity contribution in [2.24, 2.45) is 0 Å². The van der Waals surface area contributed by atoms with Gasteiger partial charge >= 0.3 is 0 Å². The highest BCUT2D eigenvalue weighted by molar-refractivity contribution is 9.10. The van der Waals surface area contributed by atoms with Crippen molar-refractivity contribution in [3.8, 4) is 0 Å². The van der Waals surface area contributed by atoms with Crippen molar-refractivity contribution in [2.45, 2.75) is 33.6 Å². The van der Waals surface area contributed by atoms with Gasteiger partial charge in [0.15, 0.2) is 0 Å². The van der Waals surface area contributed by atoms with Crippen LogP contribution < -0.4 is 10.6 Å². The third-order valence-electron chi connectivity index (χ3n) is 3.13. The predicted molar refractivity (Wildman–Crippen MR) is 92.4 cm³/mol. The second-order valence-electron chi connectivity index (χ2n) is 4.87. The minimum absolute atomic E-state index is 0.825. The molecule has 0 amide bonds. The summed E-state index contributed by atoms with van der Waals surface area (Å²) >= 11 is 3.55. The lowest BCUT2D eigenvalue weighted by atomic mass is 10.2. The molecule has 0 bridgehead atoms. The monoisotopic (exact) mass is 348 g/mol. The summed E-state index contributed by atoms with van der Waals surface area (Å²) in [6.07, 6.45) is 1.91. The number of aromatic nitrogens is 2. The summed E-state index contributed by atoms with van der Waals surface area (Å²) in [6.45, 7) is 7.12. The third-order valence-corrected chi connectivity index (χ3v) is 3.99. The highest BCUT2D eigenvalue weighted by atomic mass is 79.9. The van der Waals surface area contributed by atoms with Gasteiger partial charge < -0.3 is 10.6 Å². The molecule has 0 spiro atoms. The van der Waals surface area contributed by atoms with E-state index in [1.54, 1.807) is 0 Å². The summed E-state index contributed by atoms with van der Waals surface area (Å²) < 4.78 is 1.09. The fourth-order valence-electron chi connectivity index (χ4n) is 2.05. The largest absolute Gasteiger partial charge is 0.370 e. The van der Waals surface area contributed by atoms with Crippen LogP contribution in [0.3, 0.4) is 0 Å². The van der Waals surface area contributed by atoms with Gasteiger partial charge in [0.25, 0.3) is 0 Å². The summed E-state index contributed by atoms with van der Waals surface area (Å²) in [5, 5.41) is 6.65. The molecule has 4 nitrogen and oxygen atoms in total. The van der Waals surface area contributed by atoms with E-state index in [0.717, 1.165) is 52.6 Å². The van der Waals surface area contributed by atoms with Gasteiger partial charge in [0.2, 0.25) is 0 Å². The molecule has 2 N–H and O–H groups in total. The van der Waals surface area contributed by atoms with Crippen molar-refractivity contribution >= 4 is 33.3 Å². The van der Waals surface area contributed by atoms with E-state index in [0.29, 0.717) is 0 Å². The summed E-state index contributed by atoms with van der Waals surface area (Å²) in [5.74, 6) is 2.56. The first-order valence-electron chi connectivity index (χ1n) is 7.28. The van der Waals surface area contributed by atoms with Gasteiger partial charge in [-0.05, 0) is 38.0 Å². The number of nitrogens with one attached hydrogen (secondary N) is 2. The van der Waals surface area contributed by atoms with Crippen LogP contribution in [-0.2, 0) is 6.42 Å². The van der Waals surface area contributed by atoms with Gasteiger partial charge in [-0.1, -0.05) is 28.9 Å². The van der Waals surface area contributed by atoms with Gasteiger partial charge in [-0.25, -0.2) is 9.97 Å². The lowest BCUT2D eigenvalue weighted by Gasteiger charge is -2.12. The van der Waals surface area contributed by atoms with Gasteiger partial charge in [-0.15, -0.1) is 0 Å². The summed E-state index contributed by atoms with van der Waals surface area (Å²) in [5.41, 5.74) is 2.21. The number of hydrogen-bond acceptors (Lipinski definition) is 4. The Labute approximate surface area is 134 Å². The van der Waals surface area contributed by atoms with E-state index in [-0.39, 0.29) is 0 Å². The molecule has 0 aliphatic heterocycles. The molecule has 5 heteroatoms. The summed E-state index contributed by atoms with van der Waals surface area (Å²) in [7, 11) is 0. The molecule has 0 saturated carbocycles. The van der Waals surface area contributed by atoms with Crippen LogP contribution in [0.15, 0.2) is 28.7 Å². The average molecular weight is 349 g/mol. The number of halogens is 1. The predicted octanol–water partition coefficient (Wildman–Crippen LogP) is 4.68. The number of nitrogens with zero attached hydrogens (tertiary/aromatic N) is 2. The van der Waals surface area contributed by atoms with Crippen LogP contribution in [-0.4, -0.2) is 16.5 Å². The molecule has 21 heavy (non-hydrogen) atoms. The maximum absolute atomic E-state index is 4.59. The molecular formula is C16H21BrN4. The Morgan fingerprint density at radius 1 is 1.14 bits per heavy atom.